The summed E-state index contributed by atoms with van der Waals surface area (Å²) in [6.07, 6.45) is 5.40. The molecule has 0 aliphatic carbocycles. The maximum atomic E-state index is 6.17. The van der Waals surface area contributed by atoms with Crippen LogP contribution in [-0.4, -0.2) is 67.1 Å². The standard InChI is InChI=1S/C27H39N3O3/c1-22(2)16-30(18-24-14-25-10-6-7-12-33-27(25)28-15-24)21-31-20-26-19-29(11-13-32-26)17-23-8-4-3-5-9-23/h3-5,8-9,14-15,22,26H,6-7,10-13,16-21H2,1-2H3. The minimum atomic E-state index is 0.120. The molecule has 1 aromatic heterocycles. The number of pyridine rings is 1. The van der Waals surface area contributed by atoms with Crippen LogP contribution < -0.4 is 4.74 Å². The molecule has 1 unspecified atom stereocenters. The fourth-order valence-electron chi connectivity index (χ4n) is 4.65. The molecule has 3 heterocycles. The molecule has 0 saturated carbocycles. The van der Waals surface area contributed by atoms with Crippen LogP contribution in [0.15, 0.2) is 42.6 Å². The van der Waals surface area contributed by atoms with E-state index in [1.165, 1.54) is 23.1 Å². The first kappa shape index (κ1) is 24.1. The first-order valence-electron chi connectivity index (χ1n) is 12.4. The van der Waals surface area contributed by atoms with E-state index in [0.29, 0.717) is 19.3 Å². The van der Waals surface area contributed by atoms with Gasteiger partial charge in [0.25, 0.3) is 0 Å². The van der Waals surface area contributed by atoms with Gasteiger partial charge >= 0.3 is 0 Å². The molecule has 2 aromatic rings. The van der Waals surface area contributed by atoms with Crippen molar-refractivity contribution in [2.45, 2.75) is 52.3 Å². The fourth-order valence-corrected chi connectivity index (χ4v) is 4.65. The Kier molecular flexibility index (Phi) is 9.12. The molecule has 1 saturated heterocycles. The van der Waals surface area contributed by atoms with Crippen molar-refractivity contribution in [3.05, 3.63) is 59.3 Å². The summed E-state index contributed by atoms with van der Waals surface area (Å²) < 4.78 is 17.9. The molecule has 180 valence electrons. The van der Waals surface area contributed by atoms with Gasteiger partial charge < -0.3 is 14.2 Å². The number of benzene rings is 1. The van der Waals surface area contributed by atoms with Crippen LogP contribution in [0.4, 0.5) is 0 Å². The highest BCUT2D eigenvalue weighted by Gasteiger charge is 2.21. The van der Waals surface area contributed by atoms with Crippen molar-refractivity contribution in [2.24, 2.45) is 5.92 Å². The second-order valence-electron chi connectivity index (χ2n) is 9.73. The molecule has 6 heteroatoms. The Morgan fingerprint density at radius 2 is 2.03 bits per heavy atom. The Balaban J connectivity index is 1.27. The van der Waals surface area contributed by atoms with Gasteiger partial charge in [0, 0.05) is 44.5 Å². The molecule has 1 atom stereocenters. The summed E-state index contributed by atoms with van der Waals surface area (Å²) in [5, 5.41) is 0. The highest BCUT2D eigenvalue weighted by Crippen LogP contribution is 2.23. The molecule has 0 bridgehead atoms. The largest absolute Gasteiger partial charge is 0.477 e. The third-order valence-corrected chi connectivity index (χ3v) is 6.14. The summed E-state index contributed by atoms with van der Waals surface area (Å²) in [7, 11) is 0. The lowest BCUT2D eigenvalue weighted by atomic mass is 10.1. The zero-order chi connectivity index (χ0) is 22.9. The molecule has 0 radical (unpaired) electrons. The van der Waals surface area contributed by atoms with E-state index >= 15 is 0 Å². The number of rotatable bonds is 10. The quantitative estimate of drug-likeness (QED) is 0.504. The number of aryl methyl sites for hydroxylation is 1. The van der Waals surface area contributed by atoms with Crippen molar-refractivity contribution in [1.29, 1.82) is 0 Å². The van der Waals surface area contributed by atoms with Crippen LogP contribution in [0.5, 0.6) is 5.88 Å². The molecular formula is C27H39N3O3. The summed E-state index contributed by atoms with van der Waals surface area (Å²) in [6.45, 7) is 11.9. The van der Waals surface area contributed by atoms with Gasteiger partial charge in [-0.2, -0.15) is 0 Å². The second-order valence-corrected chi connectivity index (χ2v) is 9.73. The zero-order valence-corrected chi connectivity index (χ0v) is 20.2. The third kappa shape index (κ3) is 7.78. The topological polar surface area (TPSA) is 47.1 Å². The lowest BCUT2D eigenvalue weighted by Gasteiger charge is -2.33. The van der Waals surface area contributed by atoms with Crippen LogP contribution in [0.2, 0.25) is 0 Å². The molecule has 0 N–H and O–H groups in total. The predicted octanol–water partition coefficient (Wildman–Crippen LogP) is 4.13. The van der Waals surface area contributed by atoms with Crippen LogP contribution >= 0.6 is 0 Å². The predicted molar refractivity (Wildman–Crippen MR) is 130 cm³/mol. The normalized spacial score (nSPS) is 19.3. The van der Waals surface area contributed by atoms with Gasteiger partial charge in [0.1, 0.15) is 0 Å². The number of hydrogen-bond donors (Lipinski definition) is 0. The molecule has 33 heavy (non-hydrogen) atoms. The summed E-state index contributed by atoms with van der Waals surface area (Å²) in [5.74, 6) is 1.38. The summed E-state index contributed by atoms with van der Waals surface area (Å²) in [4.78, 5) is 9.42. The van der Waals surface area contributed by atoms with Crippen molar-refractivity contribution < 1.29 is 14.2 Å². The molecule has 2 aliphatic rings. The Morgan fingerprint density at radius 1 is 1.15 bits per heavy atom. The summed E-state index contributed by atoms with van der Waals surface area (Å²) in [6, 6.07) is 12.9. The number of morpholine rings is 1. The number of ether oxygens (including phenoxy) is 3. The van der Waals surface area contributed by atoms with Crippen molar-refractivity contribution >= 4 is 0 Å². The second kappa shape index (κ2) is 12.5. The molecular weight excluding hydrogens is 414 g/mol. The lowest BCUT2D eigenvalue weighted by Crippen LogP contribution is -2.44. The van der Waals surface area contributed by atoms with Crippen molar-refractivity contribution in [1.82, 2.24) is 14.8 Å². The smallest absolute Gasteiger partial charge is 0.216 e. The highest BCUT2D eigenvalue weighted by molar-refractivity contribution is 5.30. The molecule has 2 aliphatic heterocycles. The monoisotopic (exact) mass is 453 g/mol. The van der Waals surface area contributed by atoms with E-state index in [-0.39, 0.29) is 6.10 Å². The SMILES string of the molecule is CC(C)CN(COCC1CN(Cc2ccccc2)CCO1)Cc1cnc2c(c1)CCCCO2. The summed E-state index contributed by atoms with van der Waals surface area (Å²) >= 11 is 0. The Labute approximate surface area is 198 Å². The average molecular weight is 454 g/mol. The minimum Gasteiger partial charge on any atom is -0.477 e. The first-order valence-corrected chi connectivity index (χ1v) is 12.4. The van der Waals surface area contributed by atoms with Gasteiger partial charge in [-0.15, -0.1) is 0 Å². The van der Waals surface area contributed by atoms with Gasteiger partial charge in [-0.3, -0.25) is 9.80 Å². The molecule has 4 rings (SSSR count). The van der Waals surface area contributed by atoms with E-state index < -0.39 is 0 Å². The van der Waals surface area contributed by atoms with Crippen molar-refractivity contribution in [3.63, 3.8) is 0 Å². The molecule has 6 nitrogen and oxygen atoms in total. The van der Waals surface area contributed by atoms with Crippen molar-refractivity contribution in [3.8, 4) is 5.88 Å². The van der Waals surface area contributed by atoms with E-state index in [1.54, 1.807) is 0 Å². The number of nitrogens with zero attached hydrogens (tertiary/aromatic N) is 3. The number of fused-ring (bicyclic) bond motifs is 1. The molecule has 0 amide bonds. The Bertz CT molecular complexity index is 846. The van der Waals surface area contributed by atoms with E-state index in [2.05, 4.69) is 65.0 Å². The maximum absolute atomic E-state index is 6.17. The first-order chi connectivity index (χ1) is 16.2. The van der Waals surface area contributed by atoms with E-state index in [0.717, 1.165) is 64.7 Å². The Morgan fingerprint density at radius 3 is 2.88 bits per heavy atom. The van der Waals surface area contributed by atoms with E-state index in [1.807, 2.05) is 6.20 Å². The summed E-state index contributed by atoms with van der Waals surface area (Å²) in [5.41, 5.74) is 3.82. The molecule has 1 fully saturated rings. The van der Waals surface area contributed by atoms with Gasteiger partial charge in [-0.1, -0.05) is 44.2 Å². The van der Waals surface area contributed by atoms with Gasteiger partial charge in [-0.05, 0) is 42.4 Å². The minimum absolute atomic E-state index is 0.120. The maximum Gasteiger partial charge on any atom is 0.216 e. The average Bonchev–Trinajstić information content (AvgIpc) is 3.05. The van der Waals surface area contributed by atoms with Crippen LogP contribution in [0.25, 0.3) is 0 Å². The lowest BCUT2D eigenvalue weighted by molar-refractivity contribution is -0.0889. The third-order valence-electron chi connectivity index (χ3n) is 6.14. The van der Waals surface area contributed by atoms with Crippen LogP contribution in [0.1, 0.15) is 43.4 Å². The van der Waals surface area contributed by atoms with Crippen LogP contribution in [0, 0.1) is 5.92 Å². The molecule has 0 spiro atoms. The van der Waals surface area contributed by atoms with E-state index in [4.69, 9.17) is 14.2 Å². The Hall–Kier alpha value is -1.99. The number of hydrogen-bond acceptors (Lipinski definition) is 6. The van der Waals surface area contributed by atoms with Crippen LogP contribution in [0.3, 0.4) is 0 Å². The van der Waals surface area contributed by atoms with Gasteiger partial charge in [-0.25, -0.2) is 4.98 Å². The van der Waals surface area contributed by atoms with E-state index in [9.17, 15) is 0 Å². The van der Waals surface area contributed by atoms with Gasteiger partial charge in [0.05, 0.1) is 32.7 Å². The fraction of sp³-hybridized carbons (Fsp3) is 0.593. The zero-order valence-electron chi connectivity index (χ0n) is 20.2. The van der Waals surface area contributed by atoms with Gasteiger partial charge in [0.15, 0.2) is 0 Å². The highest BCUT2D eigenvalue weighted by atomic mass is 16.5. The van der Waals surface area contributed by atoms with Gasteiger partial charge in [0.2, 0.25) is 5.88 Å². The van der Waals surface area contributed by atoms with Crippen LogP contribution in [-0.2, 0) is 29.0 Å². The molecule has 1 aromatic carbocycles. The van der Waals surface area contributed by atoms with Crippen molar-refractivity contribution in [2.75, 3.05) is 46.2 Å². The number of aromatic nitrogens is 1.